The molecule has 0 aliphatic heterocycles. The van der Waals surface area contributed by atoms with Crippen molar-refractivity contribution in [3.05, 3.63) is 69.2 Å². The minimum absolute atomic E-state index is 0.539. The maximum Gasteiger partial charge on any atom is 0.0328 e. The second kappa shape index (κ2) is 5.01. The molecule has 0 fully saturated rings. The third-order valence-electron chi connectivity index (χ3n) is 4.67. The number of nitrogens with one attached hydrogen (secondary N) is 1. The predicted molar refractivity (Wildman–Crippen MR) is 86.0 cm³/mol. The average molecular weight is 328 g/mol. The quantitative estimate of drug-likeness (QED) is 0.871. The molecule has 102 valence electrons. The van der Waals surface area contributed by atoms with Crippen LogP contribution in [0, 0.1) is 0 Å². The van der Waals surface area contributed by atoms with Gasteiger partial charge in [0.15, 0.2) is 0 Å². The van der Waals surface area contributed by atoms with Gasteiger partial charge in [-0.15, -0.1) is 0 Å². The van der Waals surface area contributed by atoms with E-state index in [0.29, 0.717) is 12.1 Å². The highest BCUT2D eigenvalue weighted by molar-refractivity contribution is 9.10. The average Bonchev–Trinajstić information content (AvgIpc) is 3.02. The van der Waals surface area contributed by atoms with Crippen molar-refractivity contribution in [1.29, 1.82) is 0 Å². The van der Waals surface area contributed by atoms with Crippen molar-refractivity contribution in [2.45, 2.75) is 37.8 Å². The molecule has 2 aliphatic rings. The standard InChI is InChI=1S/C18H18BrN/c19-15-6-7-17-14(9-15)5-8-18(17)20-16-10-12-3-1-2-4-13(12)11-16/h1-4,6-7,9,16,18,20H,5,8,10-11H2. The number of hydrogen-bond donors (Lipinski definition) is 1. The summed E-state index contributed by atoms with van der Waals surface area (Å²) in [4.78, 5) is 0. The van der Waals surface area contributed by atoms with E-state index in [1.165, 1.54) is 52.4 Å². The van der Waals surface area contributed by atoms with Crippen LogP contribution in [-0.2, 0) is 19.3 Å². The van der Waals surface area contributed by atoms with Crippen LogP contribution in [0.3, 0.4) is 0 Å². The van der Waals surface area contributed by atoms with Gasteiger partial charge in [-0.1, -0.05) is 46.3 Å². The lowest BCUT2D eigenvalue weighted by molar-refractivity contribution is 0.443. The molecule has 2 aromatic rings. The van der Waals surface area contributed by atoms with Gasteiger partial charge < -0.3 is 5.32 Å². The van der Waals surface area contributed by atoms with E-state index < -0.39 is 0 Å². The number of halogens is 1. The van der Waals surface area contributed by atoms with Crippen molar-refractivity contribution in [2.24, 2.45) is 0 Å². The Morgan fingerprint density at radius 3 is 2.45 bits per heavy atom. The first-order valence-corrected chi connectivity index (χ1v) is 8.20. The van der Waals surface area contributed by atoms with Crippen molar-refractivity contribution in [1.82, 2.24) is 5.32 Å². The number of fused-ring (bicyclic) bond motifs is 2. The SMILES string of the molecule is Brc1ccc2c(c1)CCC2NC1Cc2ccccc2C1. The molecule has 2 aliphatic carbocycles. The summed E-state index contributed by atoms with van der Waals surface area (Å²) in [6, 6.07) is 16.7. The highest BCUT2D eigenvalue weighted by Gasteiger charge is 2.27. The highest BCUT2D eigenvalue weighted by atomic mass is 79.9. The molecule has 1 nitrogen and oxygen atoms in total. The maximum absolute atomic E-state index is 3.89. The zero-order valence-electron chi connectivity index (χ0n) is 11.4. The maximum atomic E-state index is 3.89. The lowest BCUT2D eigenvalue weighted by Gasteiger charge is -2.19. The normalized spacial score (nSPS) is 20.9. The number of benzene rings is 2. The van der Waals surface area contributed by atoms with Gasteiger partial charge in [-0.3, -0.25) is 0 Å². The molecule has 1 atom stereocenters. The van der Waals surface area contributed by atoms with E-state index in [-0.39, 0.29) is 0 Å². The molecule has 2 heteroatoms. The summed E-state index contributed by atoms with van der Waals surface area (Å²) in [5.41, 5.74) is 6.06. The molecule has 4 rings (SSSR count). The first-order chi connectivity index (χ1) is 9.79. The topological polar surface area (TPSA) is 12.0 Å². The minimum atomic E-state index is 0.539. The van der Waals surface area contributed by atoms with E-state index in [2.05, 4.69) is 63.7 Å². The molecular formula is C18H18BrN. The third-order valence-corrected chi connectivity index (χ3v) is 5.16. The van der Waals surface area contributed by atoms with Crippen LogP contribution in [0.5, 0.6) is 0 Å². The van der Waals surface area contributed by atoms with Crippen LogP contribution in [0.15, 0.2) is 46.9 Å². The second-order valence-corrected chi connectivity index (χ2v) is 6.89. The van der Waals surface area contributed by atoms with Gasteiger partial charge in [-0.05, 0) is 60.1 Å². The summed E-state index contributed by atoms with van der Waals surface area (Å²) < 4.78 is 1.20. The number of aryl methyl sites for hydroxylation is 1. The smallest absolute Gasteiger partial charge is 0.0328 e. The fourth-order valence-corrected chi connectivity index (χ4v) is 4.13. The first kappa shape index (κ1) is 12.6. The molecule has 0 saturated heterocycles. The van der Waals surface area contributed by atoms with Crippen LogP contribution < -0.4 is 5.32 Å². The number of rotatable bonds is 2. The van der Waals surface area contributed by atoms with E-state index in [4.69, 9.17) is 0 Å². The van der Waals surface area contributed by atoms with Gasteiger partial charge in [-0.2, -0.15) is 0 Å². The second-order valence-electron chi connectivity index (χ2n) is 5.97. The Balaban J connectivity index is 1.50. The van der Waals surface area contributed by atoms with Gasteiger partial charge in [0.2, 0.25) is 0 Å². The van der Waals surface area contributed by atoms with Gasteiger partial charge in [0.25, 0.3) is 0 Å². The van der Waals surface area contributed by atoms with E-state index >= 15 is 0 Å². The predicted octanol–water partition coefficient (Wildman–Crippen LogP) is 4.19. The summed E-state index contributed by atoms with van der Waals surface area (Å²) in [6.45, 7) is 0. The molecule has 0 saturated carbocycles. The summed E-state index contributed by atoms with van der Waals surface area (Å²) >= 11 is 3.57. The molecule has 0 amide bonds. The van der Waals surface area contributed by atoms with Gasteiger partial charge in [0.05, 0.1) is 0 Å². The highest BCUT2D eigenvalue weighted by Crippen LogP contribution is 2.34. The van der Waals surface area contributed by atoms with Crippen molar-refractivity contribution in [2.75, 3.05) is 0 Å². The van der Waals surface area contributed by atoms with E-state index in [9.17, 15) is 0 Å². The summed E-state index contributed by atoms with van der Waals surface area (Å²) in [5.74, 6) is 0. The van der Waals surface area contributed by atoms with E-state index in [1.54, 1.807) is 0 Å². The molecule has 0 radical (unpaired) electrons. The Labute approximate surface area is 128 Å². The molecular weight excluding hydrogens is 310 g/mol. The Morgan fingerprint density at radius 2 is 1.70 bits per heavy atom. The molecule has 0 heterocycles. The molecule has 0 aromatic heterocycles. The van der Waals surface area contributed by atoms with Crippen LogP contribution in [0.4, 0.5) is 0 Å². The van der Waals surface area contributed by atoms with Crippen molar-refractivity contribution in [3.8, 4) is 0 Å². The Bertz CT molecular complexity index is 625. The van der Waals surface area contributed by atoms with Crippen molar-refractivity contribution in [3.63, 3.8) is 0 Å². The zero-order valence-corrected chi connectivity index (χ0v) is 13.0. The minimum Gasteiger partial charge on any atom is -0.306 e. The molecule has 1 N–H and O–H groups in total. The summed E-state index contributed by atoms with van der Waals surface area (Å²) in [7, 11) is 0. The van der Waals surface area contributed by atoms with E-state index in [1.807, 2.05) is 0 Å². The first-order valence-electron chi connectivity index (χ1n) is 7.41. The van der Waals surface area contributed by atoms with Crippen LogP contribution in [-0.4, -0.2) is 6.04 Å². The van der Waals surface area contributed by atoms with Crippen molar-refractivity contribution >= 4 is 15.9 Å². The Kier molecular flexibility index (Phi) is 3.16. The fraction of sp³-hybridized carbons (Fsp3) is 0.333. The monoisotopic (exact) mass is 327 g/mol. The Morgan fingerprint density at radius 1 is 0.950 bits per heavy atom. The van der Waals surface area contributed by atoms with Crippen LogP contribution in [0.1, 0.15) is 34.7 Å². The van der Waals surface area contributed by atoms with Gasteiger partial charge in [-0.25, -0.2) is 0 Å². The van der Waals surface area contributed by atoms with Gasteiger partial charge in [0.1, 0.15) is 0 Å². The Hall–Kier alpha value is -1.12. The van der Waals surface area contributed by atoms with Gasteiger partial charge in [0, 0.05) is 16.6 Å². The third kappa shape index (κ3) is 2.21. The molecule has 0 spiro atoms. The summed E-state index contributed by atoms with van der Waals surface area (Å²) in [5, 5.41) is 3.89. The lowest BCUT2D eigenvalue weighted by atomic mass is 10.1. The molecule has 0 bridgehead atoms. The molecule has 20 heavy (non-hydrogen) atoms. The van der Waals surface area contributed by atoms with E-state index in [0.717, 1.165) is 0 Å². The lowest BCUT2D eigenvalue weighted by Crippen LogP contribution is -2.32. The van der Waals surface area contributed by atoms with Crippen LogP contribution in [0.25, 0.3) is 0 Å². The fourth-order valence-electron chi connectivity index (χ4n) is 3.72. The molecule has 2 aromatic carbocycles. The largest absolute Gasteiger partial charge is 0.306 e. The molecule has 1 unspecified atom stereocenters. The van der Waals surface area contributed by atoms with Crippen LogP contribution >= 0.6 is 15.9 Å². The zero-order chi connectivity index (χ0) is 13.5. The van der Waals surface area contributed by atoms with Crippen LogP contribution in [0.2, 0.25) is 0 Å². The van der Waals surface area contributed by atoms with Crippen molar-refractivity contribution < 1.29 is 0 Å². The number of hydrogen-bond acceptors (Lipinski definition) is 1. The van der Waals surface area contributed by atoms with Gasteiger partial charge >= 0.3 is 0 Å². The summed E-state index contributed by atoms with van der Waals surface area (Å²) in [6.07, 6.45) is 4.79.